The normalized spacial score (nSPS) is 10.8. The summed E-state index contributed by atoms with van der Waals surface area (Å²) in [5.74, 6) is -0.742. The number of hydrogen-bond acceptors (Lipinski definition) is 3. The fourth-order valence-electron chi connectivity index (χ4n) is 2.18. The number of aromatic nitrogens is 1. The number of halogens is 1. The number of nitrogens with zero attached hydrogens (tertiary/aromatic N) is 1. The van der Waals surface area contributed by atoms with Crippen LogP contribution in [0.3, 0.4) is 0 Å². The summed E-state index contributed by atoms with van der Waals surface area (Å²) in [4.78, 5) is 12.0. The summed E-state index contributed by atoms with van der Waals surface area (Å²) in [6.07, 6.45) is 0. The van der Waals surface area contributed by atoms with Crippen LogP contribution in [-0.4, -0.2) is 24.3 Å². The molecule has 0 saturated heterocycles. The van der Waals surface area contributed by atoms with Crippen molar-refractivity contribution in [2.24, 2.45) is 7.05 Å². The first-order valence-corrected chi connectivity index (χ1v) is 6.00. The van der Waals surface area contributed by atoms with Gasteiger partial charge < -0.3 is 14.0 Å². The van der Waals surface area contributed by atoms with E-state index in [9.17, 15) is 9.18 Å². The predicted molar refractivity (Wildman–Crippen MR) is 70.1 cm³/mol. The van der Waals surface area contributed by atoms with Crippen LogP contribution in [0.15, 0.2) is 12.1 Å². The number of methoxy groups -OCH3 is 1. The second-order valence-electron chi connectivity index (χ2n) is 4.24. The van der Waals surface area contributed by atoms with Crippen LogP contribution < -0.4 is 4.74 Å². The van der Waals surface area contributed by atoms with Crippen molar-refractivity contribution in [3.8, 4) is 5.75 Å². The molecule has 1 aromatic heterocycles. The highest BCUT2D eigenvalue weighted by molar-refractivity contribution is 6.06. The Kier molecular flexibility index (Phi) is 3.46. The van der Waals surface area contributed by atoms with Gasteiger partial charge in [-0.05, 0) is 19.9 Å². The van der Waals surface area contributed by atoms with Crippen molar-refractivity contribution in [2.75, 3.05) is 13.7 Å². The molecule has 5 heteroatoms. The molecule has 0 radical (unpaired) electrons. The number of carbonyl (C=O) groups excluding carboxylic acids is 1. The minimum absolute atomic E-state index is 0.114. The number of esters is 1. The second kappa shape index (κ2) is 4.91. The lowest BCUT2D eigenvalue weighted by molar-refractivity contribution is 0.0527. The summed E-state index contributed by atoms with van der Waals surface area (Å²) in [5.41, 5.74) is 1.83. The molecule has 0 saturated carbocycles. The minimum atomic E-state index is -0.453. The Morgan fingerprint density at radius 3 is 2.68 bits per heavy atom. The third-order valence-electron chi connectivity index (χ3n) is 3.25. The molecule has 0 aliphatic heterocycles. The third-order valence-corrected chi connectivity index (χ3v) is 3.25. The SMILES string of the molecule is CCOC(=O)c1c(C)n(C)c2cc(F)c(OC)cc12. The topological polar surface area (TPSA) is 40.5 Å². The fourth-order valence-corrected chi connectivity index (χ4v) is 2.18. The monoisotopic (exact) mass is 265 g/mol. The van der Waals surface area contributed by atoms with Gasteiger partial charge in [-0.25, -0.2) is 9.18 Å². The van der Waals surface area contributed by atoms with Gasteiger partial charge in [-0.2, -0.15) is 0 Å². The second-order valence-corrected chi connectivity index (χ2v) is 4.24. The van der Waals surface area contributed by atoms with Gasteiger partial charge >= 0.3 is 5.97 Å². The van der Waals surface area contributed by atoms with Crippen molar-refractivity contribution in [2.45, 2.75) is 13.8 Å². The van der Waals surface area contributed by atoms with Crippen molar-refractivity contribution in [1.29, 1.82) is 0 Å². The predicted octanol–water partition coefficient (Wildman–Crippen LogP) is 2.81. The first-order valence-electron chi connectivity index (χ1n) is 6.00. The highest BCUT2D eigenvalue weighted by atomic mass is 19.1. The zero-order valence-corrected chi connectivity index (χ0v) is 11.4. The van der Waals surface area contributed by atoms with E-state index in [4.69, 9.17) is 9.47 Å². The smallest absolute Gasteiger partial charge is 0.340 e. The molecule has 0 atom stereocenters. The highest BCUT2D eigenvalue weighted by Gasteiger charge is 2.21. The van der Waals surface area contributed by atoms with Gasteiger partial charge in [0, 0.05) is 24.2 Å². The standard InChI is InChI=1S/C14H16FNO3/c1-5-19-14(17)13-8(2)16(3)11-7-10(15)12(18-4)6-9(11)13/h6-7H,5H2,1-4H3. The molecule has 0 N–H and O–H groups in total. The molecular formula is C14H16FNO3. The number of carbonyl (C=O) groups is 1. The van der Waals surface area contributed by atoms with E-state index in [2.05, 4.69) is 0 Å². The van der Waals surface area contributed by atoms with E-state index in [1.54, 1.807) is 25.5 Å². The average molecular weight is 265 g/mol. The highest BCUT2D eigenvalue weighted by Crippen LogP contribution is 2.31. The maximum Gasteiger partial charge on any atom is 0.340 e. The molecule has 1 heterocycles. The number of rotatable bonds is 3. The molecule has 0 bridgehead atoms. The lowest BCUT2D eigenvalue weighted by atomic mass is 10.1. The third kappa shape index (κ3) is 2.05. The molecular weight excluding hydrogens is 249 g/mol. The van der Waals surface area contributed by atoms with Gasteiger partial charge in [0.2, 0.25) is 0 Å². The summed E-state index contributed by atoms with van der Waals surface area (Å²) in [6.45, 7) is 3.85. The van der Waals surface area contributed by atoms with Crippen LogP contribution in [0.5, 0.6) is 5.75 Å². The molecule has 2 rings (SSSR count). The molecule has 0 aliphatic carbocycles. The molecule has 102 valence electrons. The van der Waals surface area contributed by atoms with Crippen molar-refractivity contribution in [1.82, 2.24) is 4.57 Å². The summed E-state index contributed by atoms with van der Waals surface area (Å²) < 4.78 is 25.5. The molecule has 0 unspecified atom stereocenters. The summed E-state index contributed by atoms with van der Waals surface area (Å²) in [5, 5.41) is 0.636. The van der Waals surface area contributed by atoms with Crippen LogP contribution in [0.1, 0.15) is 23.0 Å². The van der Waals surface area contributed by atoms with Gasteiger partial charge in [0.05, 0.1) is 24.8 Å². The maximum atomic E-state index is 13.7. The number of hydrogen-bond donors (Lipinski definition) is 0. The minimum Gasteiger partial charge on any atom is -0.494 e. The number of ether oxygens (including phenoxy) is 2. The maximum absolute atomic E-state index is 13.7. The first kappa shape index (κ1) is 13.4. The average Bonchev–Trinajstić information content (AvgIpc) is 2.61. The summed E-state index contributed by atoms with van der Waals surface area (Å²) in [7, 11) is 3.18. The molecule has 4 nitrogen and oxygen atoms in total. The quantitative estimate of drug-likeness (QED) is 0.801. The fraction of sp³-hybridized carbons (Fsp3) is 0.357. The Hall–Kier alpha value is -2.04. The van der Waals surface area contributed by atoms with Gasteiger partial charge in [0.15, 0.2) is 11.6 Å². The van der Waals surface area contributed by atoms with Crippen LogP contribution >= 0.6 is 0 Å². The van der Waals surface area contributed by atoms with Gasteiger partial charge in [0.1, 0.15) is 0 Å². The molecule has 1 aromatic carbocycles. The molecule has 0 spiro atoms. The van der Waals surface area contributed by atoms with Gasteiger partial charge in [-0.3, -0.25) is 0 Å². The molecule has 2 aromatic rings. The van der Waals surface area contributed by atoms with Crippen LogP contribution in [0.25, 0.3) is 10.9 Å². The van der Waals surface area contributed by atoms with E-state index in [0.29, 0.717) is 23.1 Å². The molecule has 0 fully saturated rings. The zero-order chi connectivity index (χ0) is 14.2. The molecule has 19 heavy (non-hydrogen) atoms. The van der Waals surface area contributed by atoms with Crippen LogP contribution in [0.2, 0.25) is 0 Å². The molecule has 0 amide bonds. The van der Waals surface area contributed by atoms with Crippen LogP contribution in [-0.2, 0) is 11.8 Å². The Bertz CT molecular complexity index is 646. The van der Waals surface area contributed by atoms with E-state index in [1.807, 2.05) is 0 Å². The Morgan fingerprint density at radius 2 is 2.11 bits per heavy atom. The number of fused-ring (bicyclic) bond motifs is 1. The Balaban J connectivity index is 2.76. The van der Waals surface area contributed by atoms with E-state index in [1.165, 1.54) is 19.2 Å². The van der Waals surface area contributed by atoms with Crippen LogP contribution in [0.4, 0.5) is 4.39 Å². The first-order chi connectivity index (χ1) is 9.01. The Labute approximate surface area is 110 Å². The lowest BCUT2D eigenvalue weighted by Crippen LogP contribution is -2.06. The van der Waals surface area contributed by atoms with Gasteiger partial charge in [-0.15, -0.1) is 0 Å². The Morgan fingerprint density at radius 1 is 1.42 bits per heavy atom. The van der Waals surface area contributed by atoms with Crippen LogP contribution in [0, 0.1) is 12.7 Å². The van der Waals surface area contributed by atoms with Gasteiger partial charge in [0.25, 0.3) is 0 Å². The largest absolute Gasteiger partial charge is 0.494 e. The van der Waals surface area contributed by atoms with E-state index in [-0.39, 0.29) is 5.75 Å². The summed E-state index contributed by atoms with van der Waals surface area (Å²) in [6, 6.07) is 2.90. The number of benzene rings is 1. The van der Waals surface area contributed by atoms with Gasteiger partial charge in [-0.1, -0.05) is 0 Å². The zero-order valence-electron chi connectivity index (χ0n) is 11.4. The number of aryl methyl sites for hydroxylation is 1. The van der Waals surface area contributed by atoms with Crippen molar-refractivity contribution in [3.05, 3.63) is 29.2 Å². The van der Waals surface area contributed by atoms with Crippen molar-refractivity contribution < 1.29 is 18.7 Å². The van der Waals surface area contributed by atoms with Crippen molar-refractivity contribution >= 4 is 16.9 Å². The van der Waals surface area contributed by atoms with E-state index >= 15 is 0 Å². The van der Waals surface area contributed by atoms with Crippen molar-refractivity contribution in [3.63, 3.8) is 0 Å². The molecule has 0 aliphatic rings. The van der Waals surface area contributed by atoms with E-state index in [0.717, 1.165) is 5.69 Å². The lowest BCUT2D eigenvalue weighted by Gasteiger charge is -2.04. The van der Waals surface area contributed by atoms with E-state index < -0.39 is 11.8 Å². The summed E-state index contributed by atoms with van der Waals surface area (Å²) >= 11 is 0.